The van der Waals surface area contributed by atoms with Crippen molar-refractivity contribution < 1.29 is 8.78 Å². The number of aromatic nitrogens is 3. The number of hydrogen-bond donors (Lipinski definition) is 0. The Morgan fingerprint density at radius 3 is 2.62 bits per heavy atom. The summed E-state index contributed by atoms with van der Waals surface area (Å²) < 4.78 is 29.1. The topological polar surface area (TPSA) is 30.7 Å². The van der Waals surface area contributed by atoms with Gasteiger partial charge in [0.15, 0.2) is 11.6 Å². The van der Waals surface area contributed by atoms with Crippen molar-refractivity contribution >= 4 is 11.0 Å². The SMILES string of the molecule is Fc1cc2nc(-c3cccnc3)n(C3CCC3)c2cc1F. The van der Waals surface area contributed by atoms with Gasteiger partial charge in [-0.05, 0) is 31.4 Å². The Morgan fingerprint density at radius 1 is 1.14 bits per heavy atom. The second kappa shape index (κ2) is 4.62. The Morgan fingerprint density at radius 2 is 1.95 bits per heavy atom. The predicted octanol–water partition coefficient (Wildman–Crippen LogP) is 4.10. The van der Waals surface area contributed by atoms with Gasteiger partial charge in [-0.15, -0.1) is 0 Å². The van der Waals surface area contributed by atoms with Gasteiger partial charge in [0.25, 0.3) is 0 Å². The van der Waals surface area contributed by atoms with Gasteiger partial charge < -0.3 is 4.57 Å². The number of nitrogens with zero attached hydrogens (tertiary/aromatic N) is 3. The maximum Gasteiger partial charge on any atom is 0.161 e. The summed E-state index contributed by atoms with van der Waals surface area (Å²) in [6, 6.07) is 6.46. The Kier molecular flexibility index (Phi) is 2.74. The van der Waals surface area contributed by atoms with E-state index in [1.165, 1.54) is 12.1 Å². The quantitative estimate of drug-likeness (QED) is 0.709. The first-order valence-electron chi connectivity index (χ1n) is 7.01. The van der Waals surface area contributed by atoms with Crippen LogP contribution in [0.1, 0.15) is 25.3 Å². The number of fused-ring (bicyclic) bond motifs is 1. The normalized spacial score (nSPS) is 15.3. The second-order valence-electron chi connectivity index (χ2n) is 5.39. The minimum atomic E-state index is -0.863. The molecule has 4 rings (SSSR count). The van der Waals surface area contributed by atoms with Crippen LogP contribution in [0.4, 0.5) is 8.78 Å². The molecule has 1 fully saturated rings. The molecule has 1 aromatic carbocycles. The molecule has 0 saturated heterocycles. The van der Waals surface area contributed by atoms with Crippen molar-refractivity contribution in [2.45, 2.75) is 25.3 Å². The lowest BCUT2D eigenvalue weighted by atomic mass is 9.92. The summed E-state index contributed by atoms with van der Waals surface area (Å²) in [7, 11) is 0. The van der Waals surface area contributed by atoms with Crippen molar-refractivity contribution in [2.75, 3.05) is 0 Å². The summed E-state index contributed by atoms with van der Waals surface area (Å²) in [5.41, 5.74) is 2.00. The minimum absolute atomic E-state index is 0.301. The average Bonchev–Trinajstić information content (AvgIpc) is 2.78. The van der Waals surface area contributed by atoms with E-state index >= 15 is 0 Å². The molecule has 0 atom stereocenters. The smallest absolute Gasteiger partial charge is 0.161 e. The molecule has 0 N–H and O–H groups in total. The lowest BCUT2D eigenvalue weighted by Crippen LogP contribution is -2.18. The van der Waals surface area contributed by atoms with Crippen molar-refractivity contribution in [3.8, 4) is 11.4 Å². The standard InChI is InChI=1S/C16H13F2N3/c17-12-7-14-15(8-13(12)18)21(11-4-1-5-11)16(20-14)10-3-2-6-19-9-10/h2-3,6-9,11H,1,4-5H2. The maximum absolute atomic E-state index is 13.6. The van der Waals surface area contributed by atoms with Crippen molar-refractivity contribution in [1.29, 1.82) is 0 Å². The highest BCUT2D eigenvalue weighted by Gasteiger charge is 2.26. The molecule has 21 heavy (non-hydrogen) atoms. The fourth-order valence-electron chi connectivity index (χ4n) is 2.80. The van der Waals surface area contributed by atoms with Crippen LogP contribution in [0, 0.1) is 11.6 Å². The van der Waals surface area contributed by atoms with E-state index in [4.69, 9.17) is 0 Å². The number of pyridine rings is 1. The van der Waals surface area contributed by atoms with E-state index in [1.807, 2.05) is 16.7 Å². The van der Waals surface area contributed by atoms with Crippen LogP contribution in [0.25, 0.3) is 22.4 Å². The number of imidazole rings is 1. The van der Waals surface area contributed by atoms with Crippen molar-refractivity contribution in [3.63, 3.8) is 0 Å². The number of benzene rings is 1. The molecule has 1 saturated carbocycles. The highest BCUT2D eigenvalue weighted by atomic mass is 19.2. The van der Waals surface area contributed by atoms with Crippen LogP contribution < -0.4 is 0 Å². The summed E-state index contributed by atoms with van der Waals surface area (Å²) >= 11 is 0. The third-order valence-electron chi connectivity index (χ3n) is 4.09. The largest absolute Gasteiger partial charge is 0.321 e. The maximum atomic E-state index is 13.6. The monoisotopic (exact) mass is 285 g/mol. The molecule has 0 spiro atoms. The molecule has 2 heterocycles. The van der Waals surface area contributed by atoms with Gasteiger partial charge in [-0.25, -0.2) is 13.8 Å². The minimum Gasteiger partial charge on any atom is -0.321 e. The van der Waals surface area contributed by atoms with E-state index in [9.17, 15) is 8.78 Å². The molecule has 1 aliphatic carbocycles. The van der Waals surface area contributed by atoms with E-state index in [0.717, 1.165) is 30.7 Å². The third kappa shape index (κ3) is 1.92. The van der Waals surface area contributed by atoms with E-state index in [1.54, 1.807) is 12.4 Å². The first kappa shape index (κ1) is 12.4. The first-order chi connectivity index (χ1) is 10.2. The summed E-state index contributed by atoms with van der Waals surface area (Å²) in [5, 5.41) is 0. The van der Waals surface area contributed by atoms with Crippen LogP contribution in [0.2, 0.25) is 0 Å². The summed E-state index contributed by atoms with van der Waals surface area (Å²) in [4.78, 5) is 8.61. The molecule has 0 aliphatic heterocycles. The van der Waals surface area contributed by atoms with Crippen LogP contribution in [-0.2, 0) is 0 Å². The molecular weight excluding hydrogens is 272 g/mol. The zero-order chi connectivity index (χ0) is 14.4. The van der Waals surface area contributed by atoms with Crippen molar-refractivity contribution in [1.82, 2.24) is 14.5 Å². The van der Waals surface area contributed by atoms with Crippen molar-refractivity contribution in [3.05, 3.63) is 48.3 Å². The Bertz CT molecular complexity index is 807. The fraction of sp³-hybridized carbons (Fsp3) is 0.250. The molecule has 0 unspecified atom stereocenters. The van der Waals surface area contributed by atoms with Gasteiger partial charge in [-0.2, -0.15) is 0 Å². The number of hydrogen-bond acceptors (Lipinski definition) is 2. The van der Waals surface area contributed by atoms with E-state index in [0.29, 0.717) is 17.1 Å². The molecule has 3 nitrogen and oxygen atoms in total. The van der Waals surface area contributed by atoms with Crippen LogP contribution in [0.5, 0.6) is 0 Å². The predicted molar refractivity (Wildman–Crippen MR) is 75.8 cm³/mol. The molecule has 0 bridgehead atoms. The Balaban J connectivity index is 2.01. The summed E-state index contributed by atoms with van der Waals surface area (Å²) in [5.74, 6) is -0.966. The Labute approximate surface area is 120 Å². The second-order valence-corrected chi connectivity index (χ2v) is 5.39. The molecule has 0 amide bonds. The zero-order valence-corrected chi connectivity index (χ0v) is 11.3. The lowest BCUT2D eigenvalue weighted by Gasteiger charge is -2.29. The number of rotatable bonds is 2. The van der Waals surface area contributed by atoms with E-state index in [2.05, 4.69) is 9.97 Å². The molecular formula is C16H13F2N3. The van der Waals surface area contributed by atoms with Gasteiger partial charge in [-0.1, -0.05) is 0 Å². The van der Waals surface area contributed by atoms with Gasteiger partial charge in [0.2, 0.25) is 0 Å². The average molecular weight is 285 g/mol. The summed E-state index contributed by atoms with van der Waals surface area (Å²) in [6.07, 6.45) is 6.65. The van der Waals surface area contributed by atoms with Gasteiger partial charge in [0.05, 0.1) is 11.0 Å². The van der Waals surface area contributed by atoms with E-state index < -0.39 is 11.6 Å². The van der Waals surface area contributed by atoms with Crippen LogP contribution in [0.15, 0.2) is 36.7 Å². The molecule has 3 aromatic rings. The fourth-order valence-corrected chi connectivity index (χ4v) is 2.80. The molecule has 1 aliphatic rings. The number of halogens is 2. The van der Waals surface area contributed by atoms with E-state index in [-0.39, 0.29) is 0 Å². The van der Waals surface area contributed by atoms with Gasteiger partial charge in [-0.3, -0.25) is 4.98 Å². The molecule has 106 valence electrons. The zero-order valence-electron chi connectivity index (χ0n) is 11.3. The highest BCUT2D eigenvalue weighted by Crippen LogP contribution is 2.38. The highest BCUT2D eigenvalue weighted by molar-refractivity contribution is 5.81. The van der Waals surface area contributed by atoms with Gasteiger partial charge >= 0.3 is 0 Å². The van der Waals surface area contributed by atoms with Crippen LogP contribution >= 0.6 is 0 Å². The third-order valence-corrected chi connectivity index (χ3v) is 4.09. The molecule has 0 radical (unpaired) electrons. The molecule has 5 heteroatoms. The first-order valence-corrected chi connectivity index (χ1v) is 7.01. The molecule has 2 aromatic heterocycles. The van der Waals surface area contributed by atoms with Crippen LogP contribution in [0.3, 0.4) is 0 Å². The Hall–Kier alpha value is -2.30. The van der Waals surface area contributed by atoms with Crippen LogP contribution in [-0.4, -0.2) is 14.5 Å². The van der Waals surface area contributed by atoms with Crippen molar-refractivity contribution in [2.24, 2.45) is 0 Å². The lowest BCUT2D eigenvalue weighted by molar-refractivity contribution is 0.323. The van der Waals surface area contributed by atoms with Gasteiger partial charge in [0, 0.05) is 36.1 Å². The van der Waals surface area contributed by atoms with Gasteiger partial charge in [0.1, 0.15) is 5.82 Å². The summed E-state index contributed by atoms with van der Waals surface area (Å²) in [6.45, 7) is 0.